The van der Waals surface area contributed by atoms with Crippen LogP contribution >= 0.6 is 33.5 Å². The lowest BCUT2D eigenvalue weighted by molar-refractivity contribution is -0.126. The number of nitrogens with zero attached hydrogens (tertiary/aromatic N) is 1. The molecule has 0 aliphatic rings. The highest BCUT2D eigenvalue weighted by Crippen LogP contribution is 2.20. The predicted octanol–water partition coefficient (Wildman–Crippen LogP) is 3.84. The summed E-state index contributed by atoms with van der Waals surface area (Å²) in [6, 6.07) is 6.97. The molecule has 14 heteroatoms. The van der Waals surface area contributed by atoms with Crippen molar-refractivity contribution in [1.82, 2.24) is 10.0 Å². The normalized spacial score (nSPS) is 11.9. The Kier molecular flexibility index (Phi) is 23.3. The van der Waals surface area contributed by atoms with Gasteiger partial charge < -0.3 is 34.3 Å². The molecule has 1 aromatic rings. The lowest BCUT2D eigenvalue weighted by Crippen LogP contribution is -2.28. The van der Waals surface area contributed by atoms with E-state index in [2.05, 4.69) is 29.2 Å². The molecule has 11 nitrogen and oxygen atoms in total. The van der Waals surface area contributed by atoms with Gasteiger partial charge in [-0.3, -0.25) is 14.3 Å². The van der Waals surface area contributed by atoms with E-state index in [9.17, 15) is 9.59 Å². The maximum Gasteiger partial charge on any atom is 0.246 e. The molecule has 0 aromatic heterocycles. The van der Waals surface area contributed by atoms with Crippen molar-refractivity contribution in [2.24, 2.45) is 5.92 Å². The maximum atomic E-state index is 12.2. The topological polar surface area (TPSA) is 140 Å². The van der Waals surface area contributed by atoms with Crippen LogP contribution in [0.5, 0.6) is 5.75 Å². The number of nitriles is 1. The quantitative estimate of drug-likeness (QED) is 0.0361. The van der Waals surface area contributed by atoms with Crippen LogP contribution in [0.2, 0.25) is 0 Å². The molecule has 0 aliphatic carbocycles. The molecule has 1 aromatic carbocycles. The second-order valence-electron chi connectivity index (χ2n) is 8.54. The average Bonchev–Trinajstić information content (AvgIpc) is 2.95. The first-order valence-electron chi connectivity index (χ1n) is 13.2. The lowest BCUT2D eigenvalue weighted by atomic mass is 10.2. The van der Waals surface area contributed by atoms with Gasteiger partial charge in [0.15, 0.2) is 5.44 Å². The summed E-state index contributed by atoms with van der Waals surface area (Å²) in [5.41, 5.74) is 0.0340. The summed E-state index contributed by atoms with van der Waals surface area (Å²) in [6.45, 7) is 7.57. The molecule has 0 saturated heterocycles. The number of rotatable bonds is 25. The van der Waals surface area contributed by atoms with E-state index in [4.69, 9.17) is 28.9 Å². The highest BCUT2D eigenvalue weighted by atomic mass is 33.1. The number of ether oxygens (including phenoxy) is 5. The fraction of sp³-hybridized carbons (Fsp3) is 0.593. The van der Waals surface area contributed by atoms with Crippen LogP contribution in [-0.2, 0) is 28.5 Å². The molecule has 0 unspecified atom stereocenters. The molecule has 0 spiro atoms. The first-order chi connectivity index (χ1) is 19.9. The Morgan fingerprint density at radius 2 is 1.83 bits per heavy atom. The first-order valence-corrected chi connectivity index (χ1v) is 16.7. The Balaban J connectivity index is 2.23. The Bertz CT molecular complexity index is 919. The van der Waals surface area contributed by atoms with E-state index in [-0.39, 0.29) is 44.7 Å². The van der Waals surface area contributed by atoms with Crippen molar-refractivity contribution in [2.75, 3.05) is 77.5 Å². The molecular weight excluding hydrogens is 589 g/mol. The van der Waals surface area contributed by atoms with Crippen molar-refractivity contribution in [3.8, 4) is 11.2 Å². The molecule has 230 valence electrons. The molecule has 0 heterocycles. The van der Waals surface area contributed by atoms with E-state index in [0.717, 1.165) is 18.3 Å². The zero-order chi connectivity index (χ0) is 30.0. The maximum absolute atomic E-state index is 12.2. The van der Waals surface area contributed by atoms with Gasteiger partial charge in [-0.1, -0.05) is 42.9 Å². The highest BCUT2D eigenvalue weighted by Gasteiger charge is 2.12. The number of hydrogen-bond donors (Lipinski definition) is 3. The van der Waals surface area contributed by atoms with Crippen LogP contribution in [0.25, 0.3) is 0 Å². The number of carbonyl (C=O) groups is 2. The number of benzene rings is 1. The van der Waals surface area contributed by atoms with Crippen LogP contribution in [0.3, 0.4) is 0 Å². The number of thioether (sulfide) groups is 1. The van der Waals surface area contributed by atoms with Gasteiger partial charge in [-0.15, -0.1) is 0 Å². The fourth-order valence-corrected chi connectivity index (χ4v) is 4.20. The largest absolute Gasteiger partial charge is 0.490 e. The van der Waals surface area contributed by atoms with Gasteiger partial charge in [0.05, 0.1) is 46.1 Å². The third-order valence-electron chi connectivity index (χ3n) is 4.73. The Morgan fingerprint density at radius 1 is 1.05 bits per heavy atom. The minimum Gasteiger partial charge on any atom is -0.490 e. The third kappa shape index (κ3) is 22.3. The standard InChI is InChI=1S/C27H42N4O7S3/c1-22(2)6-5-10-29-26(33)19-36-16-17-37-27(40-21-28)20-38-24-8-4-7-23(18-24)31-25(32)9-12-34-14-15-35-13-11-30-41-39-3/h4-8,18,22,27,30H,9-17,19-20H2,1-3H3,(H,29,33)(H,31,32)/b6-5+/t27-/m1/s1. The molecular formula is C27H42N4O7S3. The number of anilines is 1. The summed E-state index contributed by atoms with van der Waals surface area (Å²) in [5, 5.41) is 16.6. The summed E-state index contributed by atoms with van der Waals surface area (Å²) >= 11 is 0.929. The number of thiocyanates is 1. The smallest absolute Gasteiger partial charge is 0.246 e. The van der Waals surface area contributed by atoms with Crippen LogP contribution in [0, 0.1) is 16.6 Å². The average molecular weight is 631 g/mol. The molecule has 2 amide bonds. The van der Waals surface area contributed by atoms with E-state index < -0.39 is 5.44 Å². The van der Waals surface area contributed by atoms with Crippen molar-refractivity contribution >= 4 is 51.0 Å². The van der Waals surface area contributed by atoms with Crippen LogP contribution in [0.1, 0.15) is 20.3 Å². The fourth-order valence-electron chi connectivity index (χ4n) is 2.89. The molecule has 3 N–H and O–H groups in total. The van der Waals surface area contributed by atoms with Crippen molar-refractivity contribution in [1.29, 1.82) is 5.26 Å². The van der Waals surface area contributed by atoms with Crippen molar-refractivity contribution in [2.45, 2.75) is 25.7 Å². The summed E-state index contributed by atoms with van der Waals surface area (Å²) in [6.07, 6.45) is 6.13. The van der Waals surface area contributed by atoms with E-state index in [0.29, 0.717) is 50.3 Å². The molecule has 0 saturated carbocycles. The number of allylic oxidation sites excluding steroid dienone is 1. The van der Waals surface area contributed by atoms with Gasteiger partial charge in [0.1, 0.15) is 24.4 Å². The monoisotopic (exact) mass is 630 g/mol. The van der Waals surface area contributed by atoms with Crippen LogP contribution in [0.4, 0.5) is 5.69 Å². The van der Waals surface area contributed by atoms with Crippen molar-refractivity contribution in [3.63, 3.8) is 0 Å². The number of carbonyl (C=O) groups excluding carboxylic acids is 2. The van der Waals surface area contributed by atoms with Gasteiger partial charge in [-0.05, 0) is 47.0 Å². The van der Waals surface area contributed by atoms with Crippen LogP contribution in [-0.4, -0.2) is 89.5 Å². The van der Waals surface area contributed by atoms with E-state index in [1.165, 1.54) is 0 Å². The van der Waals surface area contributed by atoms with Crippen LogP contribution in [0.15, 0.2) is 36.4 Å². The molecule has 41 heavy (non-hydrogen) atoms. The molecule has 1 atom stereocenters. The van der Waals surface area contributed by atoms with Gasteiger partial charge >= 0.3 is 0 Å². The minimum absolute atomic E-state index is 0.0691. The predicted molar refractivity (Wildman–Crippen MR) is 167 cm³/mol. The van der Waals surface area contributed by atoms with Gasteiger partial charge in [0, 0.05) is 24.8 Å². The van der Waals surface area contributed by atoms with E-state index >= 15 is 0 Å². The van der Waals surface area contributed by atoms with Gasteiger partial charge in [0.2, 0.25) is 11.8 Å². The zero-order valence-corrected chi connectivity index (χ0v) is 26.4. The SMILES string of the molecule is CSSNCCOCCOCCC(=O)Nc1cccc(OC[C@H](OCCOCC(=O)NC/C=C/C(C)C)SC#N)c1. The van der Waals surface area contributed by atoms with Gasteiger partial charge in [-0.2, -0.15) is 5.26 Å². The molecule has 0 fully saturated rings. The molecule has 1 rings (SSSR count). The number of amides is 2. The Hall–Kier alpha value is -1.96. The Morgan fingerprint density at radius 3 is 2.59 bits per heavy atom. The summed E-state index contributed by atoms with van der Waals surface area (Å²) < 4.78 is 30.8. The first kappa shape index (κ1) is 37.1. The van der Waals surface area contributed by atoms with E-state index in [1.54, 1.807) is 46.0 Å². The van der Waals surface area contributed by atoms with E-state index in [1.807, 2.05) is 23.8 Å². The van der Waals surface area contributed by atoms with Gasteiger partial charge in [0.25, 0.3) is 0 Å². The third-order valence-corrected chi connectivity index (χ3v) is 6.71. The van der Waals surface area contributed by atoms with Crippen molar-refractivity contribution in [3.05, 3.63) is 36.4 Å². The zero-order valence-electron chi connectivity index (χ0n) is 23.9. The molecule has 0 radical (unpaired) electrons. The van der Waals surface area contributed by atoms with Gasteiger partial charge in [-0.25, -0.2) is 0 Å². The van der Waals surface area contributed by atoms with Crippen LogP contribution < -0.4 is 20.1 Å². The summed E-state index contributed by atoms with van der Waals surface area (Å²) in [7, 11) is 3.21. The molecule has 0 bridgehead atoms. The Labute approximate surface area is 255 Å². The second-order valence-corrected chi connectivity index (χ2v) is 11.8. The lowest BCUT2D eigenvalue weighted by Gasteiger charge is -2.16. The number of hydrogen-bond acceptors (Lipinski definition) is 12. The number of nitrogens with one attached hydrogen (secondary N) is 3. The highest BCUT2D eigenvalue weighted by molar-refractivity contribution is 8.75. The molecule has 0 aliphatic heterocycles. The summed E-state index contributed by atoms with van der Waals surface area (Å²) in [5.74, 6) is 0.567. The van der Waals surface area contributed by atoms with Crippen molar-refractivity contribution < 1.29 is 33.3 Å². The summed E-state index contributed by atoms with van der Waals surface area (Å²) in [4.78, 5) is 24.0. The second kappa shape index (κ2) is 25.7. The minimum atomic E-state index is -0.552.